The van der Waals surface area contributed by atoms with Crippen molar-refractivity contribution >= 4 is 17.6 Å². The number of hydrogen-bond acceptors (Lipinski definition) is 5. The number of aromatic hydroxyl groups is 1. The number of rotatable bonds is 5. The van der Waals surface area contributed by atoms with E-state index in [4.69, 9.17) is 0 Å². The van der Waals surface area contributed by atoms with Gasteiger partial charge in [-0.05, 0) is 25.5 Å². The minimum absolute atomic E-state index is 0.0416. The quantitative estimate of drug-likeness (QED) is 0.752. The molecule has 1 aliphatic rings. The van der Waals surface area contributed by atoms with Crippen molar-refractivity contribution in [1.82, 2.24) is 15.5 Å². The normalized spacial score (nSPS) is 16.5. The van der Waals surface area contributed by atoms with Crippen molar-refractivity contribution < 1.29 is 14.7 Å². The van der Waals surface area contributed by atoms with Crippen LogP contribution >= 0.6 is 0 Å². The van der Waals surface area contributed by atoms with Crippen molar-refractivity contribution in [1.29, 1.82) is 0 Å². The van der Waals surface area contributed by atoms with E-state index in [0.29, 0.717) is 13.1 Å². The molecule has 0 unspecified atom stereocenters. The fraction of sp³-hybridized carbons (Fsp3) is 0.529. The van der Waals surface area contributed by atoms with E-state index in [1.807, 2.05) is 30.9 Å². The number of benzene rings is 1. The lowest BCUT2D eigenvalue weighted by molar-refractivity contribution is -0.121. The van der Waals surface area contributed by atoms with E-state index in [-0.39, 0.29) is 24.2 Å². The molecule has 3 amide bonds. The molecule has 0 saturated carbocycles. The summed E-state index contributed by atoms with van der Waals surface area (Å²) in [5, 5.41) is 15.0. The average Bonchev–Trinajstić information content (AvgIpc) is 2.55. The molecule has 7 heteroatoms. The summed E-state index contributed by atoms with van der Waals surface area (Å²) in [5.41, 5.74) is 0.814. The first kappa shape index (κ1) is 18.1. The van der Waals surface area contributed by atoms with Crippen LogP contribution in [-0.4, -0.2) is 60.7 Å². The van der Waals surface area contributed by atoms with Crippen LogP contribution in [0.5, 0.6) is 5.75 Å². The molecule has 2 rings (SSSR count). The van der Waals surface area contributed by atoms with Gasteiger partial charge in [0.05, 0.1) is 12.2 Å². The van der Waals surface area contributed by atoms with Crippen LogP contribution in [0.1, 0.15) is 20.3 Å². The Labute approximate surface area is 142 Å². The molecule has 0 aromatic heterocycles. The van der Waals surface area contributed by atoms with Crippen LogP contribution in [0, 0.1) is 0 Å². The van der Waals surface area contributed by atoms with Gasteiger partial charge in [-0.15, -0.1) is 0 Å². The van der Waals surface area contributed by atoms with Gasteiger partial charge in [0, 0.05) is 32.2 Å². The molecule has 0 radical (unpaired) electrons. The number of carbonyl (C=O) groups is 2. The molecule has 3 N–H and O–H groups in total. The first-order valence-electron chi connectivity index (χ1n) is 8.35. The number of imide groups is 1. The fourth-order valence-electron chi connectivity index (χ4n) is 2.61. The zero-order valence-electron chi connectivity index (χ0n) is 14.3. The molecule has 24 heavy (non-hydrogen) atoms. The Morgan fingerprint density at radius 1 is 1.21 bits per heavy atom. The first-order valence-corrected chi connectivity index (χ1v) is 8.35. The number of amides is 3. The molecule has 0 aliphatic carbocycles. The van der Waals surface area contributed by atoms with E-state index in [2.05, 4.69) is 15.5 Å². The van der Waals surface area contributed by atoms with Crippen LogP contribution in [0.3, 0.4) is 0 Å². The van der Waals surface area contributed by atoms with Crippen LogP contribution in [0.15, 0.2) is 24.3 Å². The Hall–Kier alpha value is -2.28. The summed E-state index contributed by atoms with van der Waals surface area (Å²) in [6.07, 6.45) is 0.815. The molecule has 1 aromatic rings. The van der Waals surface area contributed by atoms with E-state index >= 15 is 0 Å². The number of carbonyl (C=O) groups excluding carboxylic acids is 2. The summed E-state index contributed by atoms with van der Waals surface area (Å²) in [5.74, 6) is -0.0304. The topological polar surface area (TPSA) is 84.9 Å². The first-order chi connectivity index (χ1) is 11.5. The zero-order chi connectivity index (χ0) is 17.5. The largest absolute Gasteiger partial charge is 0.506 e. The Balaban J connectivity index is 1.76. The van der Waals surface area contributed by atoms with Gasteiger partial charge >= 0.3 is 6.03 Å². The number of para-hydroxylation sites is 2. The minimum atomic E-state index is -0.442. The van der Waals surface area contributed by atoms with E-state index < -0.39 is 6.03 Å². The summed E-state index contributed by atoms with van der Waals surface area (Å²) in [7, 11) is 0. The van der Waals surface area contributed by atoms with Crippen LogP contribution in [0.25, 0.3) is 0 Å². The van der Waals surface area contributed by atoms with E-state index in [0.717, 1.165) is 25.2 Å². The lowest BCUT2D eigenvalue weighted by atomic mass is 10.2. The minimum Gasteiger partial charge on any atom is -0.506 e. The second kappa shape index (κ2) is 8.54. The van der Waals surface area contributed by atoms with Gasteiger partial charge in [-0.2, -0.15) is 0 Å². The van der Waals surface area contributed by atoms with Crippen molar-refractivity contribution in [3.8, 4) is 5.75 Å². The number of anilines is 1. The summed E-state index contributed by atoms with van der Waals surface area (Å²) >= 11 is 0. The molecule has 1 atom stereocenters. The molecular formula is C17H26N4O3. The highest BCUT2D eigenvalue weighted by molar-refractivity contribution is 5.95. The van der Waals surface area contributed by atoms with Crippen LogP contribution in [0.4, 0.5) is 10.5 Å². The van der Waals surface area contributed by atoms with Gasteiger partial charge in [-0.3, -0.25) is 15.0 Å². The van der Waals surface area contributed by atoms with Gasteiger partial charge in [0.2, 0.25) is 5.91 Å². The summed E-state index contributed by atoms with van der Waals surface area (Å²) in [4.78, 5) is 27.7. The number of phenols is 1. The monoisotopic (exact) mass is 334 g/mol. The summed E-state index contributed by atoms with van der Waals surface area (Å²) < 4.78 is 0. The highest BCUT2D eigenvalue weighted by atomic mass is 16.3. The third kappa shape index (κ3) is 5.13. The van der Waals surface area contributed by atoms with Gasteiger partial charge in [-0.1, -0.05) is 19.1 Å². The van der Waals surface area contributed by atoms with E-state index in [1.54, 1.807) is 12.1 Å². The SMILES string of the molecule is CC[C@H](C)NC(=O)NC(=O)CN1CCN(c2ccccc2O)CC1. The van der Waals surface area contributed by atoms with Crippen molar-refractivity contribution in [3.05, 3.63) is 24.3 Å². The Morgan fingerprint density at radius 2 is 1.88 bits per heavy atom. The number of hydrogen-bond donors (Lipinski definition) is 3. The molecule has 1 aliphatic heterocycles. The van der Waals surface area contributed by atoms with Crippen molar-refractivity contribution in [2.75, 3.05) is 37.6 Å². The van der Waals surface area contributed by atoms with Crippen molar-refractivity contribution in [3.63, 3.8) is 0 Å². The molecule has 7 nitrogen and oxygen atoms in total. The maximum Gasteiger partial charge on any atom is 0.321 e. The molecule has 0 spiro atoms. The van der Waals surface area contributed by atoms with Crippen LogP contribution < -0.4 is 15.5 Å². The molecule has 1 saturated heterocycles. The number of nitrogens with zero attached hydrogens (tertiary/aromatic N) is 2. The second-order valence-corrected chi connectivity index (χ2v) is 6.08. The zero-order valence-corrected chi connectivity index (χ0v) is 14.3. The molecule has 1 fully saturated rings. The average molecular weight is 334 g/mol. The van der Waals surface area contributed by atoms with Gasteiger partial charge in [-0.25, -0.2) is 4.79 Å². The Morgan fingerprint density at radius 3 is 2.50 bits per heavy atom. The molecule has 1 heterocycles. The summed E-state index contributed by atoms with van der Waals surface area (Å²) in [6.45, 7) is 6.92. The number of piperazine rings is 1. The lowest BCUT2D eigenvalue weighted by Crippen LogP contribution is -2.51. The molecular weight excluding hydrogens is 308 g/mol. The van der Waals surface area contributed by atoms with E-state index in [1.165, 1.54) is 0 Å². The van der Waals surface area contributed by atoms with E-state index in [9.17, 15) is 14.7 Å². The van der Waals surface area contributed by atoms with Crippen LogP contribution in [0.2, 0.25) is 0 Å². The highest BCUT2D eigenvalue weighted by Crippen LogP contribution is 2.26. The van der Waals surface area contributed by atoms with Gasteiger partial charge in [0.25, 0.3) is 0 Å². The smallest absolute Gasteiger partial charge is 0.321 e. The standard InChI is InChI=1S/C17H26N4O3/c1-3-13(2)18-17(24)19-16(23)12-20-8-10-21(11-9-20)14-6-4-5-7-15(14)22/h4-7,13,22H,3,8-12H2,1-2H3,(H2,18,19,23,24)/t13-/m0/s1. The van der Waals surface area contributed by atoms with Gasteiger partial charge in [0.1, 0.15) is 5.75 Å². The number of phenolic OH excluding ortho intramolecular Hbond substituents is 1. The highest BCUT2D eigenvalue weighted by Gasteiger charge is 2.21. The summed E-state index contributed by atoms with van der Waals surface area (Å²) in [6, 6.07) is 6.85. The second-order valence-electron chi connectivity index (χ2n) is 6.08. The fourth-order valence-corrected chi connectivity index (χ4v) is 2.61. The third-order valence-corrected chi connectivity index (χ3v) is 4.20. The van der Waals surface area contributed by atoms with Crippen molar-refractivity contribution in [2.45, 2.75) is 26.3 Å². The van der Waals surface area contributed by atoms with Crippen LogP contribution in [-0.2, 0) is 4.79 Å². The Bertz CT molecular complexity index is 571. The van der Waals surface area contributed by atoms with Crippen molar-refractivity contribution in [2.24, 2.45) is 0 Å². The third-order valence-electron chi connectivity index (χ3n) is 4.20. The predicted octanol–water partition coefficient (Wildman–Crippen LogP) is 1.14. The molecule has 1 aromatic carbocycles. The maximum atomic E-state index is 11.9. The predicted molar refractivity (Wildman–Crippen MR) is 93.2 cm³/mol. The molecule has 132 valence electrons. The number of nitrogens with one attached hydrogen (secondary N) is 2. The maximum absolute atomic E-state index is 11.9. The number of urea groups is 1. The van der Waals surface area contributed by atoms with Gasteiger partial charge in [0.15, 0.2) is 0 Å². The molecule has 0 bridgehead atoms. The Kier molecular flexibility index (Phi) is 6.43. The lowest BCUT2D eigenvalue weighted by Gasteiger charge is -2.35. The van der Waals surface area contributed by atoms with Gasteiger partial charge < -0.3 is 15.3 Å².